The van der Waals surface area contributed by atoms with Crippen molar-refractivity contribution in [1.82, 2.24) is 20.1 Å². The van der Waals surface area contributed by atoms with Crippen molar-refractivity contribution < 1.29 is 23.0 Å². The Balaban J connectivity index is 1.68. The zero-order valence-corrected chi connectivity index (χ0v) is 18.4. The van der Waals surface area contributed by atoms with E-state index in [0.29, 0.717) is 17.8 Å². The highest BCUT2D eigenvalue weighted by molar-refractivity contribution is 5.90. The molecule has 0 bridgehead atoms. The molecule has 0 aliphatic heterocycles. The number of rotatable bonds is 9. The van der Waals surface area contributed by atoms with Crippen LogP contribution in [0.25, 0.3) is 5.69 Å². The standard InChI is InChI=1S/C23H26F2N4O3/c1-14(2)17-7-5-6-8-18(17)29-15(3)27-21(28-29)22(30)26-12-11-16-9-10-19(31-4)20(13-16)32-23(24)25/h5-10,13-14,23H,11-12H2,1-4H3,(H,26,30). The molecule has 1 N–H and O–H groups in total. The molecule has 0 saturated heterocycles. The third-order valence-corrected chi connectivity index (χ3v) is 4.90. The molecular weight excluding hydrogens is 418 g/mol. The van der Waals surface area contributed by atoms with E-state index < -0.39 is 12.5 Å². The van der Waals surface area contributed by atoms with Crippen molar-refractivity contribution >= 4 is 5.91 Å². The van der Waals surface area contributed by atoms with Gasteiger partial charge in [0.2, 0.25) is 5.82 Å². The summed E-state index contributed by atoms with van der Waals surface area (Å²) in [5.41, 5.74) is 2.70. The largest absolute Gasteiger partial charge is 0.493 e. The topological polar surface area (TPSA) is 78.3 Å². The lowest BCUT2D eigenvalue weighted by atomic mass is 10.0. The summed E-state index contributed by atoms with van der Waals surface area (Å²) in [6.07, 6.45) is 0.408. The maximum Gasteiger partial charge on any atom is 0.387 e. The Hall–Kier alpha value is -3.49. The van der Waals surface area contributed by atoms with E-state index in [0.717, 1.165) is 11.3 Å². The van der Waals surface area contributed by atoms with Gasteiger partial charge in [-0.15, -0.1) is 5.10 Å². The van der Waals surface area contributed by atoms with Crippen LogP contribution in [0.5, 0.6) is 11.5 Å². The van der Waals surface area contributed by atoms with Crippen LogP contribution in [-0.2, 0) is 6.42 Å². The van der Waals surface area contributed by atoms with Crippen molar-refractivity contribution in [2.24, 2.45) is 0 Å². The zero-order valence-electron chi connectivity index (χ0n) is 18.4. The molecule has 0 aliphatic rings. The van der Waals surface area contributed by atoms with Crippen LogP contribution in [0.2, 0.25) is 0 Å². The maximum atomic E-state index is 12.6. The lowest BCUT2D eigenvalue weighted by Crippen LogP contribution is -2.27. The average Bonchev–Trinajstić information content (AvgIpc) is 3.15. The monoisotopic (exact) mass is 444 g/mol. The summed E-state index contributed by atoms with van der Waals surface area (Å²) in [5, 5.41) is 7.16. The molecule has 3 aromatic rings. The lowest BCUT2D eigenvalue weighted by molar-refractivity contribution is -0.0512. The third kappa shape index (κ3) is 5.40. The van der Waals surface area contributed by atoms with Crippen molar-refractivity contribution in [1.29, 1.82) is 0 Å². The molecule has 0 radical (unpaired) electrons. The van der Waals surface area contributed by atoms with E-state index in [9.17, 15) is 13.6 Å². The second-order valence-corrected chi connectivity index (χ2v) is 7.48. The van der Waals surface area contributed by atoms with Gasteiger partial charge in [0.1, 0.15) is 5.82 Å². The maximum absolute atomic E-state index is 12.6. The van der Waals surface area contributed by atoms with Gasteiger partial charge in [0.15, 0.2) is 11.5 Å². The SMILES string of the molecule is COc1ccc(CCNC(=O)c2nc(C)n(-c3ccccc3C(C)C)n2)cc1OC(F)F. The molecule has 3 rings (SSSR count). The Morgan fingerprint density at radius 1 is 1.16 bits per heavy atom. The highest BCUT2D eigenvalue weighted by Gasteiger charge is 2.18. The minimum Gasteiger partial charge on any atom is -0.493 e. The fourth-order valence-corrected chi connectivity index (χ4v) is 3.35. The summed E-state index contributed by atoms with van der Waals surface area (Å²) in [7, 11) is 1.38. The number of methoxy groups -OCH3 is 1. The summed E-state index contributed by atoms with van der Waals surface area (Å²) >= 11 is 0. The Bertz CT molecular complexity index is 1080. The van der Waals surface area contributed by atoms with E-state index in [2.05, 4.69) is 34.0 Å². The van der Waals surface area contributed by atoms with Gasteiger partial charge in [0.25, 0.3) is 5.91 Å². The van der Waals surface area contributed by atoms with Crippen LogP contribution >= 0.6 is 0 Å². The Morgan fingerprint density at radius 2 is 1.91 bits per heavy atom. The molecule has 0 aliphatic carbocycles. The quantitative estimate of drug-likeness (QED) is 0.533. The highest BCUT2D eigenvalue weighted by atomic mass is 19.3. The number of amides is 1. The predicted octanol–water partition coefficient (Wildman–Crippen LogP) is 4.28. The van der Waals surface area contributed by atoms with Crippen LogP contribution in [-0.4, -0.2) is 40.9 Å². The second kappa shape index (κ2) is 10.2. The molecule has 1 heterocycles. The predicted molar refractivity (Wildman–Crippen MR) is 116 cm³/mol. The Labute approximate surface area is 185 Å². The first-order valence-corrected chi connectivity index (χ1v) is 10.2. The summed E-state index contributed by atoms with van der Waals surface area (Å²) in [5.74, 6) is 0.711. The highest BCUT2D eigenvalue weighted by Crippen LogP contribution is 2.29. The number of nitrogens with zero attached hydrogens (tertiary/aromatic N) is 3. The number of nitrogens with one attached hydrogen (secondary N) is 1. The summed E-state index contributed by atoms with van der Waals surface area (Å²) in [4.78, 5) is 16.9. The van der Waals surface area contributed by atoms with Crippen LogP contribution in [0, 0.1) is 6.92 Å². The van der Waals surface area contributed by atoms with Gasteiger partial charge < -0.3 is 14.8 Å². The van der Waals surface area contributed by atoms with Crippen LogP contribution in [0.15, 0.2) is 42.5 Å². The van der Waals surface area contributed by atoms with Crippen LogP contribution < -0.4 is 14.8 Å². The zero-order chi connectivity index (χ0) is 23.3. The molecule has 1 amide bonds. The van der Waals surface area contributed by atoms with Crippen molar-refractivity contribution in [3.8, 4) is 17.2 Å². The molecule has 9 heteroatoms. The number of para-hydroxylation sites is 1. The van der Waals surface area contributed by atoms with E-state index in [4.69, 9.17) is 4.74 Å². The van der Waals surface area contributed by atoms with Crippen LogP contribution in [0.4, 0.5) is 8.78 Å². The number of alkyl halides is 2. The van der Waals surface area contributed by atoms with Gasteiger partial charge in [-0.05, 0) is 48.6 Å². The van der Waals surface area contributed by atoms with Crippen molar-refractivity contribution in [2.75, 3.05) is 13.7 Å². The molecule has 0 spiro atoms. The minimum atomic E-state index is -2.95. The molecule has 0 saturated carbocycles. The fourth-order valence-electron chi connectivity index (χ4n) is 3.35. The molecule has 32 heavy (non-hydrogen) atoms. The van der Waals surface area contributed by atoms with Crippen LogP contribution in [0.3, 0.4) is 0 Å². The number of carbonyl (C=O) groups is 1. The number of hydrogen-bond acceptors (Lipinski definition) is 5. The molecule has 2 aromatic carbocycles. The van der Waals surface area contributed by atoms with Gasteiger partial charge in [-0.25, -0.2) is 9.67 Å². The lowest BCUT2D eigenvalue weighted by Gasteiger charge is -2.12. The van der Waals surface area contributed by atoms with Gasteiger partial charge in [0, 0.05) is 6.54 Å². The van der Waals surface area contributed by atoms with E-state index in [-0.39, 0.29) is 29.8 Å². The molecular formula is C23H26F2N4O3. The number of aromatic nitrogens is 3. The molecule has 1 aromatic heterocycles. The summed E-state index contributed by atoms with van der Waals surface area (Å²) in [6.45, 7) is 3.30. The molecule has 0 atom stereocenters. The van der Waals surface area contributed by atoms with Gasteiger partial charge in [-0.1, -0.05) is 38.1 Å². The molecule has 170 valence electrons. The van der Waals surface area contributed by atoms with E-state index in [1.54, 1.807) is 23.7 Å². The van der Waals surface area contributed by atoms with Crippen molar-refractivity contribution in [3.63, 3.8) is 0 Å². The normalized spacial score (nSPS) is 11.1. The molecule has 0 unspecified atom stereocenters. The number of benzene rings is 2. The first kappa shape index (κ1) is 23.2. The molecule has 7 nitrogen and oxygen atoms in total. The first-order valence-electron chi connectivity index (χ1n) is 10.2. The number of hydrogen-bond donors (Lipinski definition) is 1. The van der Waals surface area contributed by atoms with Gasteiger partial charge >= 0.3 is 6.61 Å². The number of carbonyl (C=O) groups excluding carboxylic acids is 1. The Kier molecular flexibility index (Phi) is 7.40. The van der Waals surface area contributed by atoms with Gasteiger partial charge in [0.05, 0.1) is 12.8 Å². The first-order chi connectivity index (χ1) is 15.3. The van der Waals surface area contributed by atoms with E-state index in [1.165, 1.54) is 13.2 Å². The summed E-state index contributed by atoms with van der Waals surface area (Å²) in [6, 6.07) is 12.6. The third-order valence-electron chi connectivity index (χ3n) is 4.90. The smallest absolute Gasteiger partial charge is 0.387 e. The number of ether oxygens (including phenoxy) is 2. The van der Waals surface area contributed by atoms with E-state index >= 15 is 0 Å². The fraction of sp³-hybridized carbons (Fsp3) is 0.348. The number of aryl methyl sites for hydroxylation is 1. The summed E-state index contributed by atoms with van der Waals surface area (Å²) < 4.78 is 36.4. The second-order valence-electron chi connectivity index (χ2n) is 7.48. The van der Waals surface area contributed by atoms with Crippen molar-refractivity contribution in [3.05, 3.63) is 65.2 Å². The minimum absolute atomic E-state index is 0.0498. The van der Waals surface area contributed by atoms with Crippen LogP contribution in [0.1, 0.15) is 47.3 Å². The Morgan fingerprint density at radius 3 is 2.59 bits per heavy atom. The van der Waals surface area contributed by atoms with Gasteiger partial charge in [-0.2, -0.15) is 8.78 Å². The van der Waals surface area contributed by atoms with E-state index in [1.807, 2.05) is 24.3 Å². The van der Waals surface area contributed by atoms with Gasteiger partial charge in [-0.3, -0.25) is 4.79 Å². The number of halogens is 2. The average molecular weight is 444 g/mol. The van der Waals surface area contributed by atoms with Crippen molar-refractivity contribution in [2.45, 2.75) is 39.7 Å². The molecule has 0 fully saturated rings.